The van der Waals surface area contributed by atoms with Gasteiger partial charge >= 0.3 is 0 Å². The predicted molar refractivity (Wildman–Crippen MR) is 63.8 cm³/mol. The van der Waals surface area contributed by atoms with Gasteiger partial charge in [0.2, 0.25) is 0 Å². The maximum Gasteiger partial charge on any atom is 0.271 e. The molecule has 0 aromatic heterocycles. The summed E-state index contributed by atoms with van der Waals surface area (Å²) >= 11 is 3.30. The molecule has 1 aromatic carbocycles. The Morgan fingerprint density at radius 3 is 2.53 bits per heavy atom. The quantitative estimate of drug-likeness (QED) is 0.516. The van der Waals surface area contributed by atoms with Crippen molar-refractivity contribution in [2.24, 2.45) is 5.10 Å². The number of nitrogens with zero attached hydrogens (tertiary/aromatic N) is 2. The topological polar surface area (TPSA) is 44.7 Å². The van der Waals surface area contributed by atoms with Crippen LogP contribution in [0.4, 0.5) is 0 Å². The van der Waals surface area contributed by atoms with E-state index in [4.69, 9.17) is 0 Å². The van der Waals surface area contributed by atoms with Crippen molar-refractivity contribution in [3.8, 4) is 0 Å². The zero-order valence-electron chi connectivity index (χ0n) is 8.57. The molecule has 1 rings (SSSR count). The Morgan fingerprint density at radius 1 is 1.40 bits per heavy atom. The first-order valence-electron chi connectivity index (χ1n) is 4.35. The molecule has 0 aliphatic rings. The fourth-order valence-corrected chi connectivity index (χ4v) is 1.13. The highest BCUT2D eigenvalue weighted by molar-refractivity contribution is 9.10. The van der Waals surface area contributed by atoms with Crippen LogP contribution in [0.25, 0.3) is 0 Å². The van der Waals surface area contributed by atoms with Gasteiger partial charge in [0.05, 0.1) is 0 Å². The SMILES string of the molecule is CN(C)/C=N/NC(=O)c1ccc(Br)cc1. The van der Waals surface area contributed by atoms with E-state index in [0.717, 1.165) is 4.47 Å². The lowest BCUT2D eigenvalue weighted by Gasteiger charge is -2.03. The molecule has 0 aliphatic carbocycles. The van der Waals surface area contributed by atoms with Crippen LogP contribution < -0.4 is 5.43 Å². The predicted octanol–water partition coefficient (Wildman–Crippen LogP) is 1.68. The van der Waals surface area contributed by atoms with Crippen LogP contribution in [0.15, 0.2) is 33.8 Å². The normalized spacial score (nSPS) is 10.3. The van der Waals surface area contributed by atoms with E-state index in [-0.39, 0.29) is 5.91 Å². The number of rotatable bonds is 3. The van der Waals surface area contributed by atoms with E-state index >= 15 is 0 Å². The van der Waals surface area contributed by atoms with Crippen molar-refractivity contribution in [3.05, 3.63) is 34.3 Å². The van der Waals surface area contributed by atoms with Gasteiger partial charge in [-0.15, -0.1) is 0 Å². The van der Waals surface area contributed by atoms with Gasteiger partial charge in [0, 0.05) is 24.1 Å². The molecule has 0 saturated heterocycles. The van der Waals surface area contributed by atoms with Crippen LogP contribution in [-0.4, -0.2) is 31.2 Å². The van der Waals surface area contributed by atoms with Crippen molar-refractivity contribution in [3.63, 3.8) is 0 Å². The number of nitrogens with one attached hydrogen (secondary N) is 1. The van der Waals surface area contributed by atoms with Gasteiger partial charge in [-0.2, -0.15) is 5.10 Å². The summed E-state index contributed by atoms with van der Waals surface area (Å²) in [5, 5.41) is 3.76. The molecule has 0 spiro atoms. The number of hydrogen-bond donors (Lipinski definition) is 1. The summed E-state index contributed by atoms with van der Waals surface area (Å²) in [6.07, 6.45) is 1.52. The number of carbonyl (C=O) groups is 1. The molecule has 0 fully saturated rings. The summed E-state index contributed by atoms with van der Waals surface area (Å²) < 4.78 is 0.941. The van der Waals surface area contributed by atoms with E-state index in [1.165, 1.54) is 6.34 Å². The molecule has 1 N–H and O–H groups in total. The zero-order chi connectivity index (χ0) is 11.3. The molecule has 0 unspecified atom stereocenters. The standard InChI is InChI=1S/C10H12BrN3O/c1-14(2)7-12-13-10(15)8-3-5-9(11)6-4-8/h3-7H,1-2H3,(H,13,15)/b12-7+. The van der Waals surface area contributed by atoms with Crippen molar-refractivity contribution in [2.75, 3.05) is 14.1 Å². The van der Waals surface area contributed by atoms with E-state index in [1.54, 1.807) is 17.0 Å². The highest BCUT2D eigenvalue weighted by atomic mass is 79.9. The Morgan fingerprint density at radius 2 is 2.00 bits per heavy atom. The first-order valence-corrected chi connectivity index (χ1v) is 5.14. The fraction of sp³-hybridized carbons (Fsp3) is 0.200. The summed E-state index contributed by atoms with van der Waals surface area (Å²) in [5.74, 6) is -0.222. The molecule has 80 valence electrons. The van der Waals surface area contributed by atoms with Gasteiger partial charge in [0.25, 0.3) is 5.91 Å². The maximum absolute atomic E-state index is 11.5. The second-order valence-electron chi connectivity index (χ2n) is 3.16. The summed E-state index contributed by atoms with van der Waals surface area (Å²) in [7, 11) is 3.66. The lowest BCUT2D eigenvalue weighted by molar-refractivity contribution is 0.0954. The van der Waals surface area contributed by atoms with Gasteiger partial charge in [-0.05, 0) is 24.3 Å². The van der Waals surface area contributed by atoms with Crippen LogP contribution in [0.5, 0.6) is 0 Å². The third kappa shape index (κ3) is 4.12. The van der Waals surface area contributed by atoms with Crippen LogP contribution in [0.1, 0.15) is 10.4 Å². The van der Waals surface area contributed by atoms with Crippen molar-refractivity contribution in [1.82, 2.24) is 10.3 Å². The van der Waals surface area contributed by atoms with E-state index < -0.39 is 0 Å². The van der Waals surface area contributed by atoms with Gasteiger partial charge in [0.1, 0.15) is 6.34 Å². The Balaban J connectivity index is 2.58. The van der Waals surface area contributed by atoms with E-state index in [2.05, 4.69) is 26.5 Å². The van der Waals surface area contributed by atoms with E-state index in [9.17, 15) is 4.79 Å². The number of amides is 1. The largest absolute Gasteiger partial charge is 0.367 e. The number of benzene rings is 1. The summed E-state index contributed by atoms with van der Waals surface area (Å²) in [5.41, 5.74) is 3.00. The zero-order valence-corrected chi connectivity index (χ0v) is 10.2. The summed E-state index contributed by atoms with van der Waals surface area (Å²) in [4.78, 5) is 13.2. The Kier molecular flexibility index (Phi) is 4.30. The molecular weight excluding hydrogens is 258 g/mol. The smallest absolute Gasteiger partial charge is 0.271 e. The second-order valence-corrected chi connectivity index (χ2v) is 4.07. The van der Waals surface area contributed by atoms with Crippen LogP contribution >= 0.6 is 15.9 Å². The fourth-order valence-electron chi connectivity index (χ4n) is 0.869. The minimum Gasteiger partial charge on any atom is -0.367 e. The first kappa shape index (κ1) is 11.7. The summed E-state index contributed by atoms with van der Waals surface area (Å²) in [6.45, 7) is 0. The van der Waals surface area contributed by atoms with Gasteiger partial charge in [0.15, 0.2) is 0 Å². The van der Waals surface area contributed by atoms with Gasteiger partial charge in [-0.3, -0.25) is 4.79 Å². The molecule has 0 heterocycles. The van der Waals surface area contributed by atoms with Crippen LogP contribution in [0.3, 0.4) is 0 Å². The minimum atomic E-state index is -0.222. The first-order chi connectivity index (χ1) is 7.09. The molecule has 0 atom stereocenters. The Bertz CT molecular complexity index is 359. The molecule has 0 bridgehead atoms. The number of hydrogen-bond acceptors (Lipinski definition) is 2. The van der Waals surface area contributed by atoms with Crippen LogP contribution in [-0.2, 0) is 0 Å². The highest BCUT2D eigenvalue weighted by Gasteiger charge is 2.02. The Labute approximate surface area is 97.1 Å². The highest BCUT2D eigenvalue weighted by Crippen LogP contribution is 2.10. The van der Waals surface area contributed by atoms with Gasteiger partial charge in [-0.1, -0.05) is 15.9 Å². The van der Waals surface area contributed by atoms with Crippen molar-refractivity contribution in [2.45, 2.75) is 0 Å². The van der Waals surface area contributed by atoms with Crippen molar-refractivity contribution < 1.29 is 4.79 Å². The molecule has 1 aromatic rings. The number of hydrazone groups is 1. The van der Waals surface area contributed by atoms with Crippen molar-refractivity contribution >= 4 is 28.2 Å². The second kappa shape index (κ2) is 5.50. The average Bonchev–Trinajstić information content (AvgIpc) is 2.18. The average molecular weight is 270 g/mol. The van der Waals surface area contributed by atoms with E-state index in [1.807, 2.05) is 26.2 Å². The molecule has 0 radical (unpaired) electrons. The molecule has 0 aliphatic heterocycles. The monoisotopic (exact) mass is 269 g/mol. The van der Waals surface area contributed by atoms with E-state index in [0.29, 0.717) is 5.56 Å². The minimum absolute atomic E-state index is 0.222. The molecule has 5 heteroatoms. The third-order valence-electron chi connectivity index (χ3n) is 1.56. The third-order valence-corrected chi connectivity index (χ3v) is 2.09. The molecule has 4 nitrogen and oxygen atoms in total. The van der Waals surface area contributed by atoms with Crippen molar-refractivity contribution in [1.29, 1.82) is 0 Å². The summed E-state index contributed by atoms with van der Waals surface area (Å²) in [6, 6.07) is 7.07. The van der Waals surface area contributed by atoms with Gasteiger partial charge < -0.3 is 4.90 Å². The molecule has 15 heavy (non-hydrogen) atoms. The van der Waals surface area contributed by atoms with Gasteiger partial charge in [-0.25, -0.2) is 5.43 Å². The number of carbonyl (C=O) groups excluding carboxylic acids is 1. The van der Waals surface area contributed by atoms with Crippen LogP contribution in [0, 0.1) is 0 Å². The molecule has 0 saturated carbocycles. The lowest BCUT2D eigenvalue weighted by Crippen LogP contribution is -2.20. The number of halogens is 1. The van der Waals surface area contributed by atoms with Crippen LogP contribution in [0.2, 0.25) is 0 Å². The molecule has 1 amide bonds. The maximum atomic E-state index is 11.5. The molecular formula is C10H12BrN3O. The Hall–Kier alpha value is -1.36. The lowest BCUT2D eigenvalue weighted by atomic mass is 10.2.